The molecule has 22 heavy (non-hydrogen) atoms. The summed E-state index contributed by atoms with van der Waals surface area (Å²) in [6.07, 6.45) is 1.46. The molecule has 0 radical (unpaired) electrons. The third-order valence-corrected chi connectivity index (χ3v) is 3.45. The van der Waals surface area contributed by atoms with Gasteiger partial charge in [-0.2, -0.15) is 10.2 Å². The van der Waals surface area contributed by atoms with Crippen molar-refractivity contribution in [2.24, 2.45) is 5.10 Å². The van der Waals surface area contributed by atoms with Gasteiger partial charge in [0.25, 0.3) is 0 Å². The summed E-state index contributed by atoms with van der Waals surface area (Å²) in [5.74, 6) is -0.197. The molecule has 2 rings (SSSR count). The van der Waals surface area contributed by atoms with Crippen molar-refractivity contribution in [3.05, 3.63) is 45.1 Å². The molecule has 2 aromatic rings. The highest BCUT2D eigenvalue weighted by molar-refractivity contribution is 6.38. The van der Waals surface area contributed by atoms with Crippen LogP contribution in [-0.4, -0.2) is 29.0 Å². The molecule has 1 heterocycles. The molecular formula is C14H14Cl2N4O2. The fourth-order valence-corrected chi connectivity index (χ4v) is 2.25. The quantitative estimate of drug-likeness (QED) is 0.494. The molecule has 0 aliphatic carbocycles. The maximum atomic E-state index is 11.9. The number of nitrogens with zero attached hydrogens (tertiary/aromatic N) is 2. The average molecular weight is 341 g/mol. The van der Waals surface area contributed by atoms with E-state index in [2.05, 4.69) is 20.7 Å². The van der Waals surface area contributed by atoms with Gasteiger partial charge in [-0.15, -0.1) is 0 Å². The van der Waals surface area contributed by atoms with E-state index in [0.717, 1.165) is 0 Å². The Morgan fingerprint density at radius 1 is 1.45 bits per heavy atom. The number of aromatic nitrogens is 2. The van der Waals surface area contributed by atoms with E-state index >= 15 is 0 Å². The summed E-state index contributed by atoms with van der Waals surface area (Å²) in [7, 11) is 0. The first kappa shape index (κ1) is 16.3. The molecule has 1 aromatic carbocycles. The van der Waals surface area contributed by atoms with Crippen LogP contribution >= 0.6 is 23.2 Å². The highest BCUT2D eigenvalue weighted by Crippen LogP contribution is 2.22. The average Bonchev–Trinajstić information content (AvgIpc) is 2.83. The van der Waals surface area contributed by atoms with Crippen LogP contribution in [0.1, 0.15) is 28.5 Å². The number of H-pyrrole nitrogens is 1. The molecule has 0 fully saturated rings. The first-order valence-corrected chi connectivity index (χ1v) is 7.25. The minimum atomic E-state index is -0.470. The number of anilines is 1. The fraction of sp³-hybridized carbons (Fsp3) is 0.214. The van der Waals surface area contributed by atoms with Crippen molar-refractivity contribution in [1.29, 1.82) is 0 Å². The molecule has 0 saturated carbocycles. The van der Waals surface area contributed by atoms with Crippen LogP contribution in [0.5, 0.6) is 0 Å². The number of aromatic amines is 1. The minimum absolute atomic E-state index is 0.273. The van der Waals surface area contributed by atoms with Crippen molar-refractivity contribution in [2.75, 3.05) is 12.0 Å². The number of aryl methyl sites for hydroxylation is 1. The minimum Gasteiger partial charge on any atom is -0.462 e. The zero-order chi connectivity index (χ0) is 16.1. The summed E-state index contributed by atoms with van der Waals surface area (Å²) >= 11 is 12.1. The number of hydrogen-bond donors (Lipinski definition) is 2. The normalized spacial score (nSPS) is 10.9. The van der Waals surface area contributed by atoms with Gasteiger partial charge < -0.3 is 4.74 Å². The van der Waals surface area contributed by atoms with Crippen LogP contribution in [0.3, 0.4) is 0 Å². The number of hydrogen-bond acceptors (Lipinski definition) is 5. The molecule has 0 amide bonds. The van der Waals surface area contributed by atoms with Crippen molar-refractivity contribution in [3.8, 4) is 0 Å². The van der Waals surface area contributed by atoms with Gasteiger partial charge in [0.15, 0.2) is 5.82 Å². The molecule has 0 aliphatic rings. The second-order valence-electron chi connectivity index (χ2n) is 4.30. The van der Waals surface area contributed by atoms with Crippen LogP contribution in [0.25, 0.3) is 0 Å². The molecular weight excluding hydrogens is 327 g/mol. The van der Waals surface area contributed by atoms with Gasteiger partial charge in [-0.05, 0) is 26.0 Å². The van der Waals surface area contributed by atoms with Gasteiger partial charge in [-0.3, -0.25) is 10.5 Å². The van der Waals surface area contributed by atoms with Gasteiger partial charge in [-0.1, -0.05) is 29.3 Å². The zero-order valence-corrected chi connectivity index (χ0v) is 13.5. The van der Waals surface area contributed by atoms with Crippen LogP contribution in [0.15, 0.2) is 23.3 Å². The van der Waals surface area contributed by atoms with E-state index in [0.29, 0.717) is 26.9 Å². The smallest absolute Gasteiger partial charge is 0.343 e. The Hall–Kier alpha value is -2.05. The van der Waals surface area contributed by atoms with Gasteiger partial charge in [0.1, 0.15) is 5.56 Å². The third-order valence-electron chi connectivity index (χ3n) is 2.79. The van der Waals surface area contributed by atoms with E-state index < -0.39 is 5.97 Å². The molecule has 116 valence electrons. The van der Waals surface area contributed by atoms with Crippen molar-refractivity contribution >= 4 is 41.2 Å². The van der Waals surface area contributed by atoms with Crippen LogP contribution in [0, 0.1) is 6.92 Å². The standard InChI is InChI=1S/C14H14Cl2N4O2/c1-3-22-14(21)12-8(2)18-20-13(12)19-17-7-9-10(15)5-4-6-11(9)16/h4-7H,3H2,1-2H3,(H2,18,19,20)/b17-7-. The summed E-state index contributed by atoms with van der Waals surface area (Å²) in [6, 6.07) is 5.15. The lowest BCUT2D eigenvalue weighted by atomic mass is 10.2. The van der Waals surface area contributed by atoms with Gasteiger partial charge in [0, 0.05) is 11.3 Å². The van der Waals surface area contributed by atoms with E-state index in [1.807, 2.05) is 0 Å². The topological polar surface area (TPSA) is 79.4 Å². The Morgan fingerprint density at radius 2 is 2.14 bits per heavy atom. The van der Waals surface area contributed by atoms with Crippen molar-refractivity contribution in [3.63, 3.8) is 0 Å². The third kappa shape index (κ3) is 3.58. The molecule has 0 atom stereocenters. The molecule has 8 heteroatoms. The Kier molecular flexibility index (Phi) is 5.41. The van der Waals surface area contributed by atoms with E-state index in [9.17, 15) is 4.79 Å². The van der Waals surface area contributed by atoms with E-state index in [1.54, 1.807) is 32.0 Å². The lowest BCUT2D eigenvalue weighted by molar-refractivity contribution is 0.0526. The largest absolute Gasteiger partial charge is 0.462 e. The van der Waals surface area contributed by atoms with Crippen LogP contribution < -0.4 is 5.43 Å². The second-order valence-corrected chi connectivity index (χ2v) is 5.11. The highest BCUT2D eigenvalue weighted by Gasteiger charge is 2.19. The number of ether oxygens (including phenoxy) is 1. The molecule has 0 bridgehead atoms. The van der Waals surface area contributed by atoms with Crippen LogP contribution in [-0.2, 0) is 4.74 Å². The summed E-state index contributed by atoms with van der Waals surface area (Å²) in [5, 5.41) is 11.7. The predicted octanol–water partition coefficient (Wildman–Crippen LogP) is 3.65. The second kappa shape index (κ2) is 7.29. The first-order valence-electron chi connectivity index (χ1n) is 6.49. The number of hydrazone groups is 1. The number of esters is 1. The van der Waals surface area contributed by atoms with Gasteiger partial charge in [0.05, 0.1) is 22.9 Å². The molecule has 6 nitrogen and oxygen atoms in total. The Bertz CT molecular complexity index is 693. The van der Waals surface area contributed by atoms with E-state index in [4.69, 9.17) is 27.9 Å². The predicted molar refractivity (Wildman–Crippen MR) is 87.0 cm³/mol. The summed E-state index contributed by atoms with van der Waals surface area (Å²) in [4.78, 5) is 11.9. The number of rotatable bonds is 5. The SMILES string of the molecule is CCOC(=O)c1c(N/N=C\c2c(Cl)cccc2Cl)n[nH]c1C. The van der Waals surface area contributed by atoms with Crippen molar-refractivity contribution < 1.29 is 9.53 Å². The monoisotopic (exact) mass is 340 g/mol. The zero-order valence-electron chi connectivity index (χ0n) is 12.0. The number of carbonyl (C=O) groups is 1. The number of halogens is 2. The van der Waals surface area contributed by atoms with Gasteiger partial charge >= 0.3 is 5.97 Å². The number of benzene rings is 1. The van der Waals surface area contributed by atoms with Crippen molar-refractivity contribution in [2.45, 2.75) is 13.8 Å². The Labute approximate surface area is 137 Å². The van der Waals surface area contributed by atoms with Gasteiger partial charge in [0.2, 0.25) is 0 Å². The van der Waals surface area contributed by atoms with Crippen LogP contribution in [0.4, 0.5) is 5.82 Å². The molecule has 0 aliphatic heterocycles. The number of nitrogens with one attached hydrogen (secondary N) is 2. The maximum Gasteiger partial charge on any atom is 0.343 e. The fourth-order valence-electron chi connectivity index (χ4n) is 1.76. The molecule has 1 aromatic heterocycles. The van der Waals surface area contributed by atoms with E-state index in [1.165, 1.54) is 6.21 Å². The lowest BCUT2D eigenvalue weighted by Gasteiger charge is -2.03. The van der Waals surface area contributed by atoms with Gasteiger partial charge in [-0.25, -0.2) is 4.79 Å². The highest BCUT2D eigenvalue weighted by atomic mass is 35.5. The Morgan fingerprint density at radius 3 is 2.77 bits per heavy atom. The van der Waals surface area contributed by atoms with Crippen LogP contribution in [0.2, 0.25) is 10.0 Å². The Balaban J connectivity index is 2.19. The summed E-state index contributed by atoms with van der Waals surface area (Å²) in [5.41, 5.74) is 4.16. The van der Waals surface area contributed by atoms with Crippen molar-refractivity contribution in [1.82, 2.24) is 10.2 Å². The summed E-state index contributed by atoms with van der Waals surface area (Å²) < 4.78 is 4.98. The molecule has 0 saturated heterocycles. The maximum absolute atomic E-state index is 11.9. The summed E-state index contributed by atoms with van der Waals surface area (Å²) in [6.45, 7) is 3.73. The first-order chi connectivity index (χ1) is 10.5. The molecule has 0 unspecified atom stereocenters. The number of carbonyl (C=O) groups excluding carboxylic acids is 1. The lowest BCUT2D eigenvalue weighted by Crippen LogP contribution is -2.08. The molecule has 2 N–H and O–H groups in total. The molecule has 0 spiro atoms. The van der Waals surface area contributed by atoms with E-state index in [-0.39, 0.29) is 12.4 Å².